The smallest absolute Gasteiger partial charge is 0.246 e. The number of amides is 10. The summed E-state index contributed by atoms with van der Waals surface area (Å²) in [5.74, 6) is -7.25. The van der Waals surface area contributed by atoms with E-state index < -0.39 is 102 Å². The van der Waals surface area contributed by atoms with Crippen molar-refractivity contribution in [1.29, 1.82) is 5.41 Å². The molecule has 2 aliphatic rings. The van der Waals surface area contributed by atoms with Crippen LogP contribution in [0.4, 0.5) is 0 Å². The molecule has 0 radical (unpaired) electrons. The number of aromatic nitrogens is 1. The summed E-state index contributed by atoms with van der Waals surface area (Å²) < 4.78 is 22.0. The monoisotopic (exact) mass is 1470 g/mol. The Hall–Kier alpha value is -8.62. The fourth-order valence-corrected chi connectivity index (χ4v) is 12.3. The van der Waals surface area contributed by atoms with Crippen LogP contribution in [0.3, 0.4) is 0 Å². The summed E-state index contributed by atoms with van der Waals surface area (Å²) >= 11 is 0. The minimum Gasteiger partial charge on any atom is -0.391 e. The van der Waals surface area contributed by atoms with Crippen LogP contribution >= 0.6 is 0 Å². The Labute approximate surface area is 616 Å². The maximum absolute atomic E-state index is 15.0. The van der Waals surface area contributed by atoms with Crippen molar-refractivity contribution in [2.75, 3.05) is 92.1 Å². The molecule has 2 aliphatic heterocycles. The van der Waals surface area contributed by atoms with Crippen LogP contribution in [0, 0.1) is 5.41 Å². The predicted octanol–water partition coefficient (Wildman–Crippen LogP) is 1.50. The lowest BCUT2D eigenvalue weighted by Gasteiger charge is -2.31. The molecular weight excluding hydrogens is 1350 g/mol. The number of rotatable bonds is 41. The van der Waals surface area contributed by atoms with E-state index in [0.29, 0.717) is 62.9 Å². The number of unbranched alkanes of at least 4 members (excludes halogenated alkanes) is 9. The normalized spacial score (nSPS) is 20.2. The molecule has 0 saturated carbocycles. The maximum Gasteiger partial charge on any atom is 0.246 e. The number of ketones is 1. The van der Waals surface area contributed by atoms with Crippen molar-refractivity contribution < 1.29 is 76.8 Å². The summed E-state index contributed by atoms with van der Waals surface area (Å²) in [6, 6.07) is 6.59. The number of carbonyl (C=O) groups is 11. The summed E-state index contributed by atoms with van der Waals surface area (Å²) in [7, 11) is 0. The third-order valence-electron chi connectivity index (χ3n) is 18.1. The minimum atomic E-state index is -1.46. The van der Waals surface area contributed by atoms with Crippen molar-refractivity contribution in [3.05, 3.63) is 71.9 Å². The molecule has 584 valence electrons. The minimum absolute atomic E-state index is 0.0127. The molecule has 0 spiro atoms. The summed E-state index contributed by atoms with van der Waals surface area (Å²) in [5, 5.41) is 47.7. The molecule has 2 saturated heterocycles. The van der Waals surface area contributed by atoms with Gasteiger partial charge in [-0.25, -0.2) is 0 Å². The van der Waals surface area contributed by atoms with Gasteiger partial charge in [-0.2, -0.15) is 0 Å². The Morgan fingerprint density at radius 2 is 1.23 bits per heavy atom. The molecule has 17 N–H and O–H groups in total. The number of aliphatic hydroxyl groups is 1. The van der Waals surface area contributed by atoms with Gasteiger partial charge >= 0.3 is 0 Å². The first-order valence-corrected chi connectivity index (χ1v) is 37.6. The van der Waals surface area contributed by atoms with E-state index >= 15 is 4.79 Å². The Morgan fingerprint density at radius 3 is 1.92 bits per heavy atom. The van der Waals surface area contributed by atoms with E-state index in [1.807, 2.05) is 31.2 Å². The van der Waals surface area contributed by atoms with Crippen molar-refractivity contribution in [1.82, 2.24) is 63.1 Å². The van der Waals surface area contributed by atoms with E-state index in [-0.39, 0.29) is 154 Å². The number of nitrogens with one attached hydrogen (secondary N) is 12. The van der Waals surface area contributed by atoms with Crippen molar-refractivity contribution in [3.8, 4) is 0 Å². The molecule has 0 bridgehead atoms. The summed E-state index contributed by atoms with van der Waals surface area (Å²) in [6.07, 6.45) is 13.1. The molecule has 0 aliphatic carbocycles. The zero-order valence-electron chi connectivity index (χ0n) is 61.4. The highest BCUT2D eigenvalue weighted by atomic mass is 16.5. The molecule has 31 heteroatoms. The Balaban J connectivity index is 1.21. The molecule has 10 amide bonds. The predicted molar refractivity (Wildman–Crippen MR) is 394 cm³/mol. The summed E-state index contributed by atoms with van der Waals surface area (Å²) in [6.45, 7) is 5.33. The van der Waals surface area contributed by atoms with Crippen LogP contribution in [-0.4, -0.2) is 226 Å². The number of para-hydroxylation sites is 1. The number of fused-ring (bicyclic) bond motifs is 2. The highest BCUT2D eigenvalue weighted by molar-refractivity contribution is 5.98. The molecule has 3 heterocycles. The van der Waals surface area contributed by atoms with Crippen LogP contribution in [0.5, 0.6) is 0 Å². The quantitative estimate of drug-likeness (QED) is 0.0217. The molecule has 2 fully saturated rings. The molecule has 2 unspecified atom stereocenters. The third-order valence-corrected chi connectivity index (χ3v) is 18.1. The largest absolute Gasteiger partial charge is 0.391 e. The number of Topliss-reactive ketones (excluding diaryl/α,β-unsaturated/α-hetero) is 1. The Morgan fingerprint density at radius 1 is 0.619 bits per heavy atom. The highest BCUT2D eigenvalue weighted by Gasteiger charge is 2.43. The van der Waals surface area contributed by atoms with Crippen LogP contribution < -0.4 is 64.6 Å². The molecule has 2 aromatic carbocycles. The van der Waals surface area contributed by atoms with Gasteiger partial charge in [0.2, 0.25) is 59.1 Å². The van der Waals surface area contributed by atoms with Crippen molar-refractivity contribution in [3.63, 3.8) is 0 Å². The van der Waals surface area contributed by atoms with Crippen molar-refractivity contribution in [2.45, 2.75) is 216 Å². The van der Waals surface area contributed by atoms with Crippen LogP contribution in [-0.2, 0) is 84.5 Å². The van der Waals surface area contributed by atoms with E-state index in [1.165, 1.54) is 38.5 Å². The molecular formula is C74H117N15O16. The number of aromatic amines is 1. The Bertz CT molecular complexity index is 3180. The van der Waals surface area contributed by atoms with E-state index in [0.717, 1.165) is 35.1 Å². The van der Waals surface area contributed by atoms with E-state index in [1.54, 1.807) is 36.5 Å². The third kappa shape index (κ3) is 34.9. The number of carbonyl (C=O) groups excluding carboxylic acids is 11. The van der Waals surface area contributed by atoms with Gasteiger partial charge < -0.3 is 98.6 Å². The molecule has 31 nitrogen and oxygen atoms in total. The zero-order valence-corrected chi connectivity index (χ0v) is 61.4. The highest BCUT2D eigenvalue weighted by Crippen LogP contribution is 2.23. The average Bonchev–Trinajstić information content (AvgIpc) is 1.70. The first-order valence-electron chi connectivity index (χ1n) is 37.6. The van der Waals surface area contributed by atoms with E-state index in [2.05, 4.69) is 65.1 Å². The second-order valence-electron chi connectivity index (χ2n) is 26.8. The molecule has 105 heavy (non-hydrogen) atoms. The number of H-pyrrole nitrogens is 1. The van der Waals surface area contributed by atoms with E-state index in [9.17, 15) is 53.1 Å². The fraction of sp³-hybridized carbons (Fsp3) is 0.649. The number of hydrogen-bond acceptors (Lipinski definition) is 18. The van der Waals surface area contributed by atoms with Gasteiger partial charge in [0.05, 0.1) is 45.7 Å². The van der Waals surface area contributed by atoms with Gasteiger partial charge in [0.1, 0.15) is 61.3 Å². The number of aliphatic hydroxyl groups excluding tert-OH is 1. The number of nitrogens with zero attached hydrogens (tertiary/aromatic N) is 1. The van der Waals surface area contributed by atoms with Gasteiger partial charge in [0.25, 0.3) is 0 Å². The van der Waals surface area contributed by atoms with E-state index in [4.69, 9.17) is 35.8 Å². The topological polar surface area (TPSA) is 460 Å². The molecule has 1 aromatic heterocycles. The number of nitrogens with two attached hydrogens (primary N) is 2. The van der Waals surface area contributed by atoms with Crippen LogP contribution in [0.2, 0.25) is 0 Å². The SMILES string of the molecule is CCCCCCCCCCCC(=O)NCCOCCOCC(=O)NCCOCCOCC(=O)N[C@@H](CCCC)C(=O)N[C@H]1CCC(=O)CCNCCCC[C@@H](C(N)=O)NC(=O)C(Cc2c[nH]c3ccccc23)NC(=O)C(CCCNC(=N)N)NC(=O)[C@@H](Cc2ccccc2)NC(=O)[C@@H]2C[C@@H](O)CN2C1=O. The average molecular weight is 1470 g/mol. The fourth-order valence-electron chi connectivity index (χ4n) is 12.3. The molecule has 8 atom stereocenters. The zero-order chi connectivity index (χ0) is 76.0. The van der Waals surface area contributed by atoms with Gasteiger partial charge in [-0.05, 0) is 75.1 Å². The van der Waals surface area contributed by atoms with Gasteiger partial charge in [-0.3, -0.25) is 58.1 Å². The van der Waals surface area contributed by atoms with Gasteiger partial charge in [0.15, 0.2) is 5.96 Å². The number of benzene rings is 2. The first-order chi connectivity index (χ1) is 50.8. The lowest BCUT2D eigenvalue weighted by atomic mass is 10.0. The second-order valence-corrected chi connectivity index (χ2v) is 26.8. The number of ether oxygens (including phenoxy) is 4. The van der Waals surface area contributed by atoms with Crippen LogP contribution in [0.15, 0.2) is 60.8 Å². The summed E-state index contributed by atoms with van der Waals surface area (Å²) in [4.78, 5) is 157. The standard InChI is InChI=1S/C74H117N15O16/c1-3-5-7-8-9-10-11-12-16-29-64(92)79-36-38-102-40-42-104-49-65(93)80-37-39-103-41-43-105-50-66(94)83-58(25-6-4-2)68(96)86-60-31-30-53(90)32-35-78-33-20-19-27-57(67(75)95)84-71(99)62(45-52-47-82-56-26-18-17-24-55(52)56)87-69(97)59(28-21-34-81-74(76)77)85-70(98)61(44-51-22-14-13-15-23-51)88-72(100)63-46-54(91)48-89(63)73(60)101/h13-15,17-18,22-24,26,47,54,57-63,78,82,91H,3-12,16,19-21,25,27-46,48-50H2,1-2H3,(H2,75,95)(H,79,92)(H,80,93)(H,83,94)(H,84,99)(H,85,98)(H,86,96)(H,87,97)(H,88,100)(H4,76,77,81)/t54-,57+,58+,59?,60+,61-,62?,63+/m1/s1. The first kappa shape index (κ1) is 87.0. The number of primary amides is 1. The maximum atomic E-state index is 15.0. The second kappa shape index (κ2) is 50.8. The van der Waals surface area contributed by atoms with Gasteiger partial charge in [0, 0.05) is 88.3 Å². The van der Waals surface area contributed by atoms with Crippen LogP contribution in [0.25, 0.3) is 10.9 Å². The number of guanidine groups is 1. The molecule has 3 aromatic rings. The van der Waals surface area contributed by atoms with Crippen molar-refractivity contribution in [2.24, 2.45) is 11.5 Å². The lowest BCUT2D eigenvalue weighted by Crippen LogP contribution is -2.60. The number of hydrogen-bond donors (Lipinski definition) is 15. The van der Waals surface area contributed by atoms with Gasteiger partial charge in [-0.1, -0.05) is 127 Å². The lowest BCUT2D eigenvalue weighted by molar-refractivity contribution is -0.143. The van der Waals surface area contributed by atoms with Crippen LogP contribution in [0.1, 0.15) is 166 Å². The van der Waals surface area contributed by atoms with Gasteiger partial charge in [-0.15, -0.1) is 0 Å². The molecule has 5 rings (SSSR count). The summed E-state index contributed by atoms with van der Waals surface area (Å²) in [5.41, 5.74) is 13.4. The Kier molecular flexibility index (Phi) is 42.1. The van der Waals surface area contributed by atoms with Crippen molar-refractivity contribution >= 4 is 81.7 Å².